The van der Waals surface area contributed by atoms with Gasteiger partial charge >= 0.3 is 6.03 Å². The Morgan fingerprint density at radius 3 is 2.63 bits per heavy atom. The van der Waals surface area contributed by atoms with Gasteiger partial charge in [-0.3, -0.25) is 0 Å². The third-order valence-corrected chi connectivity index (χ3v) is 3.38. The van der Waals surface area contributed by atoms with Crippen molar-refractivity contribution in [3.63, 3.8) is 0 Å². The van der Waals surface area contributed by atoms with Crippen LogP contribution in [0.4, 0.5) is 4.79 Å². The van der Waals surface area contributed by atoms with Crippen LogP contribution < -0.4 is 5.32 Å². The van der Waals surface area contributed by atoms with Crippen LogP contribution in [0.3, 0.4) is 0 Å². The summed E-state index contributed by atoms with van der Waals surface area (Å²) < 4.78 is 5.81. The normalized spacial score (nSPS) is 22.2. The minimum absolute atomic E-state index is 0.0785. The zero-order valence-corrected chi connectivity index (χ0v) is 12.5. The van der Waals surface area contributed by atoms with Gasteiger partial charge in [-0.2, -0.15) is 0 Å². The second kappa shape index (κ2) is 4.91. The summed E-state index contributed by atoms with van der Waals surface area (Å²) in [5.41, 5.74) is -0.219. The van der Waals surface area contributed by atoms with Crippen molar-refractivity contribution >= 4 is 6.03 Å². The van der Waals surface area contributed by atoms with Crippen LogP contribution in [0, 0.1) is 5.92 Å². The van der Waals surface area contributed by atoms with Crippen LogP contribution >= 0.6 is 0 Å². The first-order valence-electron chi connectivity index (χ1n) is 6.88. The Bertz CT molecular complexity index is 459. The predicted molar refractivity (Wildman–Crippen MR) is 75.0 cm³/mol. The highest BCUT2D eigenvalue weighted by Gasteiger charge is 2.36. The van der Waals surface area contributed by atoms with Gasteiger partial charge in [-0.15, -0.1) is 0 Å². The van der Waals surface area contributed by atoms with E-state index in [1.54, 1.807) is 11.9 Å². The molecular weight excluding hydrogens is 240 g/mol. The Morgan fingerprint density at radius 1 is 1.47 bits per heavy atom. The maximum atomic E-state index is 11.9. The monoisotopic (exact) mass is 264 g/mol. The predicted octanol–water partition coefficient (Wildman–Crippen LogP) is 3.34. The van der Waals surface area contributed by atoms with Crippen LogP contribution in [0.1, 0.15) is 51.6 Å². The molecule has 1 aromatic rings. The average Bonchev–Trinajstić information content (AvgIpc) is 2.82. The summed E-state index contributed by atoms with van der Waals surface area (Å²) in [6, 6.07) is 3.94. The molecule has 0 radical (unpaired) electrons. The summed E-state index contributed by atoms with van der Waals surface area (Å²) in [6.45, 7) is 8.65. The number of carbonyl (C=O) groups excluding carboxylic acids is 1. The Balaban J connectivity index is 1.89. The zero-order chi connectivity index (χ0) is 14.2. The topological polar surface area (TPSA) is 45.5 Å². The van der Waals surface area contributed by atoms with E-state index in [-0.39, 0.29) is 11.6 Å². The molecule has 1 aromatic heterocycles. The number of carbonyl (C=O) groups is 1. The molecule has 106 valence electrons. The molecule has 1 heterocycles. The van der Waals surface area contributed by atoms with Crippen molar-refractivity contribution in [1.29, 1.82) is 0 Å². The number of furan rings is 1. The molecule has 0 bridgehead atoms. The fourth-order valence-corrected chi connectivity index (χ4v) is 2.12. The lowest BCUT2D eigenvalue weighted by atomic mass is 10.1. The van der Waals surface area contributed by atoms with Gasteiger partial charge in [0.1, 0.15) is 11.5 Å². The van der Waals surface area contributed by atoms with E-state index in [4.69, 9.17) is 4.42 Å². The maximum absolute atomic E-state index is 11.9. The van der Waals surface area contributed by atoms with Gasteiger partial charge in [-0.25, -0.2) is 4.79 Å². The molecule has 0 unspecified atom stereocenters. The molecule has 0 aromatic carbocycles. The molecule has 2 rings (SSSR count). The van der Waals surface area contributed by atoms with Gasteiger partial charge in [-0.05, 0) is 45.2 Å². The van der Waals surface area contributed by atoms with E-state index in [9.17, 15) is 4.79 Å². The molecule has 2 atom stereocenters. The molecule has 1 saturated carbocycles. The lowest BCUT2D eigenvalue weighted by molar-refractivity contribution is 0.193. The second-order valence-electron chi connectivity index (χ2n) is 6.66. The fourth-order valence-electron chi connectivity index (χ4n) is 2.12. The van der Waals surface area contributed by atoms with Crippen molar-refractivity contribution in [3.8, 4) is 0 Å². The van der Waals surface area contributed by atoms with Crippen LogP contribution in [-0.4, -0.2) is 23.5 Å². The highest BCUT2D eigenvalue weighted by atomic mass is 16.3. The summed E-state index contributed by atoms with van der Waals surface area (Å²) >= 11 is 0. The molecule has 1 aliphatic carbocycles. The summed E-state index contributed by atoms with van der Waals surface area (Å²) in [4.78, 5) is 13.6. The van der Waals surface area contributed by atoms with Crippen molar-refractivity contribution in [2.24, 2.45) is 5.92 Å². The first-order chi connectivity index (χ1) is 8.76. The van der Waals surface area contributed by atoms with Crippen LogP contribution in [-0.2, 0) is 6.54 Å². The summed E-state index contributed by atoms with van der Waals surface area (Å²) in [7, 11) is 1.78. The molecule has 19 heavy (non-hydrogen) atoms. The summed E-state index contributed by atoms with van der Waals surface area (Å²) in [5, 5.41) is 2.93. The highest BCUT2D eigenvalue weighted by molar-refractivity contribution is 5.74. The van der Waals surface area contributed by atoms with E-state index in [0.29, 0.717) is 12.5 Å². The van der Waals surface area contributed by atoms with Crippen LogP contribution in [0.25, 0.3) is 0 Å². The second-order valence-corrected chi connectivity index (χ2v) is 6.66. The number of nitrogens with zero attached hydrogens (tertiary/aromatic N) is 1. The van der Waals surface area contributed by atoms with Crippen molar-refractivity contribution < 1.29 is 9.21 Å². The van der Waals surface area contributed by atoms with Gasteiger partial charge in [0.2, 0.25) is 0 Å². The SMILES string of the molecule is C[C@@H]1C[C@@H]1c1ccc(CN(C)C(=O)NC(C)(C)C)o1. The van der Waals surface area contributed by atoms with Crippen molar-refractivity contribution in [3.05, 3.63) is 23.7 Å². The minimum atomic E-state index is -0.219. The Kier molecular flexibility index (Phi) is 3.61. The van der Waals surface area contributed by atoms with Crippen molar-refractivity contribution in [2.75, 3.05) is 7.05 Å². The lowest BCUT2D eigenvalue weighted by Gasteiger charge is -2.25. The van der Waals surface area contributed by atoms with Crippen LogP contribution in [0.15, 0.2) is 16.5 Å². The minimum Gasteiger partial charge on any atom is -0.464 e. The number of hydrogen-bond donors (Lipinski definition) is 1. The molecule has 1 fully saturated rings. The molecule has 0 saturated heterocycles. The van der Waals surface area contributed by atoms with Gasteiger partial charge in [0.25, 0.3) is 0 Å². The van der Waals surface area contributed by atoms with Gasteiger partial charge in [0, 0.05) is 18.5 Å². The molecule has 4 nitrogen and oxygen atoms in total. The number of hydrogen-bond acceptors (Lipinski definition) is 2. The van der Waals surface area contributed by atoms with E-state index >= 15 is 0 Å². The number of nitrogens with one attached hydrogen (secondary N) is 1. The van der Waals surface area contributed by atoms with Gasteiger partial charge in [0.05, 0.1) is 6.54 Å². The van der Waals surface area contributed by atoms with E-state index in [1.807, 2.05) is 32.9 Å². The molecule has 0 aliphatic heterocycles. The molecule has 2 amide bonds. The third kappa shape index (κ3) is 3.75. The number of amides is 2. The standard InChI is InChI=1S/C15H24N2O2/c1-10-8-12(10)13-7-6-11(19-13)9-17(5)14(18)16-15(2,3)4/h6-7,10,12H,8-9H2,1-5H3,(H,16,18)/t10-,12+/m1/s1. The van der Waals surface area contributed by atoms with E-state index < -0.39 is 0 Å². The number of urea groups is 1. The first kappa shape index (κ1) is 14.0. The lowest BCUT2D eigenvalue weighted by Crippen LogP contribution is -2.46. The number of rotatable bonds is 3. The van der Waals surface area contributed by atoms with Gasteiger partial charge in [-0.1, -0.05) is 6.92 Å². The molecule has 4 heteroatoms. The van der Waals surface area contributed by atoms with Gasteiger partial charge < -0.3 is 14.6 Å². The molecule has 1 N–H and O–H groups in total. The Morgan fingerprint density at radius 2 is 2.11 bits per heavy atom. The van der Waals surface area contributed by atoms with E-state index in [2.05, 4.69) is 12.2 Å². The first-order valence-corrected chi connectivity index (χ1v) is 6.88. The van der Waals surface area contributed by atoms with Crippen LogP contribution in [0.2, 0.25) is 0 Å². The molecular formula is C15H24N2O2. The summed E-state index contributed by atoms with van der Waals surface area (Å²) in [5.74, 6) is 3.23. The quantitative estimate of drug-likeness (QED) is 0.910. The van der Waals surface area contributed by atoms with Crippen molar-refractivity contribution in [2.45, 2.75) is 52.1 Å². The van der Waals surface area contributed by atoms with E-state index in [0.717, 1.165) is 17.4 Å². The average molecular weight is 264 g/mol. The van der Waals surface area contributed by atoms with Crippen LogP contribution in [0.5, 0.6) is 0 Å². The highest BCUT2D eigenvalue weighted by Crippen LogP contribution is 2.47. The Hall–Kier alpha value is -1.45. The maximum Gasteiger partial charge on any atom is 0.317 e. The van der Waals surface area contributed by atoms with E-state index in [1.165, 1.54) is 6.42 Å². The molecule has 1 aliphatic rings. The molecule has 0 spiro atoms. The third-order valence-electron chi connectivity index (χ3n) is 3.38. The summed E-state index contributed by atoms with van der Waals surface area (Å²) in [6.07, 6.45) is 1.22. The smallest absolute Gasteiger partial charge is 0.317 e. The zero-order valence-electron chi connectivity index (χ0n) is 12.5. The van der Waals surface area contributed by atoms with Crippen molar-refractivity contribution in [1.82, 2.24) is 10.2 Å². The van der Waals surface area contributed by atoms with Gasteiger partial charge in [0.15, 0.2) is 0 Å². The fraction of sp³-hybridized carbons (Fsp3) is 0.667. The Labute approximate surface area is 115 Å². The largest absolute Gasteiger partial charge is 0.464 e.